The van der Waals surface area contributed by atoms with Crippen molar-refractivity contribution >= 4 is 17.8 Å². The number of aliphatic carboxylic acids is 1. The minimum Gasteiger partial charge on any atom is -0.480 e. The van der Waals surface area contributed by atoms with Gasteiger partial charge in [0.2, 0.25) is 0 Å². The van der Waals surface area contributed by atoms with E-state index in [0.717, 1.165) is 0 Å². The van der Waals surface area contributed by atoms with Crippen molar-refractivity contribution < 1.29 is 24.6 Å². The van der Waals surface area contributed by atoms with Gasteiger partial charge in [0.15, 0.2) is 0 Å². The van der Waals surface area contributed by atoms with Crippen LogP contribution in [0.15, 0.2) is 35.5 Å². The van der Waals surface area contributed by atoms with Crippen LogP contribution < -0.4 is 5.32 Å². The molecular weight excluding hydrogens is 300 g/mol. The van der Waals surface area contributed by atoms with Crippen molar-refractivity contribution in [2.45, 2.75) is 45.3 Å². The highest BCUT2D eigenvalue weighted by Gasteiger charge is 2.24. The molecule has 3 N–H and O–H groups in total. The molecule has 1 atom stereocenters. The van der Waals surface area contributed by atoms with Crippen LogP contribution in [0.3, 0.4) is 0 Å². The topological polar surface area (TPSA) is 108 Å². The standard InChI is InChI=1S/C16H22N2O5/c1-16(2,3)23-15(21)17-13(14(19)20)10-9-12(18-22)11-7-5-4-6-8-11/h4-8,13,22H,9-10H2,1-3H3,(H,17,21)(H,19,20). The number of carbonyl (C=O) groups is 2. The zero-order valence-corrected chi connectivity index (χ0v) is 13.4. The van der Waals surface area contributed by atoms with Crippen LogP contribution in [-0.2, 0) is 9.53 Å². The number of alkyl carbamates (subject to hydrolysis) is 1. The second kappa shape index (κ2) is 8.17. The molecule has 7 heteroatoms. The Morgan fingerprint density at radius 1 is 1.26 bits per heavy atom. The number of oxime groups is 1. The molecule has 0 aliphatic rings. The first-order valence-corrected chi connectivity index (χ1v) is 7.21. The van der Waals surface area contributed by atoms with Gasteiger partial charge in [0.05, 0.1) is 5.71 Å². The van der Waals surface area contributed by atoms with Gasteiger partial charge in [-0.05, 0) is 39.2 Å². The zero-order chi connectivity index (χ0) is 17.5. The number of carboxylic acid groups (broad SMARTS) is 1. The van der Waals surface area contributed by atoms with Gasteiger partial charge >= 0.3 is 12.1 Å². The number of benzene rings is 1. The second-order valence-electron chi connectivity index (χ2n) is 5.99. The second-order valence-corrected chi connectivity index (χ2v) is 5.99. The Morgan fingerprint density at radius 3 is 2.35 bits per heavy atom. The van der Waals surface area contributed by atoms with Crippen LogP contribution in [0.4, 0.5) is 4.79 Å². The summed E-state index contributed by atoms with van der Waals surface area (Å²) in [7, 11) is 0. The Balaban J connectivity index is 2.66. The van der Waals surface area contributed by atoms with E-state index in [-0.39, 0.29) is 12.8 Å². The van der Waals surface area contributed by atoms with Gasteiger partial charge in [0.1, 0.15) is 11.6 Å². The first-order chi connectivity index (χ1) is 10.7. The Bertz CT molecular complexity index is 564. The quantitative estimate of drug-likeness (QED) is 0.424. The number of amides is 1. The Hall–Kier alpha value is -2.57. The van der Waals surface area contributed by atoms with Crippen molar-refractivity contribution in [3.05, 3.63) is 35.9 Å². The van der Waals surface area contributed by atoms with E-state index in [9.17, 15) is 14.7 Å². The molecule has 0 bridgehead atoms. The molecule has 1 aromatic carbocycles. The maximum Gasteiger partial charge on any atom is 0.408 e. The number of ether oxygens (including phenoxy) is 1. The maximum absolute atomic E-state index is 11.7. The predicted molar refractivity (Wildman–Crippen MR) is 84.8 cm³/mol. The van der Waals surface area contributed by atoms with E-state index in [0.29, 0.717) is 11.3 Å². The molecule has 126 valence electrons. The summed E-state index contributed by atoms with van der Waals surface area (Å²) in [5.74, 6) is -1.18. The number of nitrogens with zero attached hydrogens (tertiary/aromatic N) is 1. The van der Waals surface area contributed by atoms with E-state index < -0.39 is 23.7 Å². The molecule has 1 rings (SSSR count). The summed E-state index contributed by atoms with van der Waals surface area (Å²) in [6.07, 6.45) is -0.539. The highest BCUT2D eigenvalue weighted by molar-refractivity contribution is 6.00. The molecule has 1 amide bonds. The lowest BCUT2D eigenvalue weighted by Crippen LogP contribution is -2.43. The van der Waals surface area contributed by atoms with Crippen LogP contribution in [0, 0.1) is 0 Å². The summed E-state index contributed by atoms with van der Waals surface area (Å²) in [4.78, 5) is 22.9. The fraction of sp³-hybridized carbons (Fsp3) is 0.438. The van der Waals surface area contributed by atoms with Gasteiger partial charge in [0, 0.05) is 0 Å². The molecule has 0 radical (unpaired) electrons. The zero-order valence-electron chi connectivity index (χ0n) is 13.4. The van der Waals surface area contributed by atoms with Gasteiger partial charge in [-0.3, -0.25) is 0 Å². The van der Waals surface area contributed by atoms with E-state index in [2.05, 4.69) is 10.5 Å². The molecule has 0 saturated carbocycles. The van der Waals surface area contributed by atoms with E-state index >= 15 is 0 Å². The Labute approximate surface area is 135 Å². The van der Waals surface area contributed by atoms with Gasteiger partial charge in [-0.1, -0.05) is 35.5 Å². The van der Waals surface area contributed by atoms with Crippen LogP contribution in [0.2, 0.25) is 0 Å². The van der Waals surface area contributed by atoms with Crippen LogP contribution in [0.1, 0.15) is 39.2 Å². The van der Waals surface area contributed by atoms with Crippen LogP contribution in [0.25, 0.3) is 0 Å². The average Bonchev–Trinajstić information content (AvgIpc) is 2.45. The average molecular weight is 322 g/mol. The first kappa shape index (κ1) is 18.5. The number of carboxylic acids is 1. The smallest absolute Gasteiger partial charge is 0.408 e. The van der Waals surface area contributed by atoms with Crippen LogP contribution in [-0.4, -0.2) is 39.7 Å². The molecule has 1 unspecified atom stereocenters. The number of hydrogen-bond acceptors (Lipinski definition) is 5. The minimum absolute atomic E-state index is 0.0723. The van der Waals surface area contributed by atoms with Crippen molar-refractivity contribution in [2.75, 3.05) is 0 Å². The molecule has 0 spiro atoms. The molecule has 0 aromatic heterocycles. The molecule has 0 fully saturated rings. The molecule has 7 nitrogen and oxygen atoms in total. The first-order valence-electron chi connectivity index (χ1n) is 7.21. The predicted octanol–water partition coefficient (Wildman–Crippen LogP) is 2.62. The van der Waals surface area contributed by atoms with Gasteiger partial charge in [0.25, 0.3) is 0 Å². The number of carbonyl (C=O) groups excluding carboxylic acids is 1. The third-order valence-electron chi connectivity index (χ3n) is 2.89. The summed E-state index contributed by atoms with van der Waals surface area (Å²) < 4.78 is 5.04. The summed E-state index contributed by atoms with van der Waals surface area (Å²) in [5, 5.41) is 23.8. The van der Waals surface area contributed by atoms with E-state index in [4.69, 9.17) is 9.94 Å². The van der Waals surface area contributed by atoms with Crippen molar-refractivity contribution in [1.82, 2.24) is 5.32 Å². The molecule has 0 heterocycles. The maximum atomic E-state index is 11.7. The summed E-state index contributed by atoms with van der Waals surface area (Å²) in [5.41, 5.74) is 0.328. The van der Waals surface area contributed by atoms with E-state index in [1.807, 2.05) is 6.07 Å². The fourth-order valence-corrected chi connectivity index (χ4v) is 1.87. The largest absolute Gasteiger partial charge is 0.480 e. The van der Waals surface area contributed by atoms with Gasteiger partial charge in [-0.15, -0.1) is 0 Å². The third-order valence-corrected chi connectivity index (χ3v) is 2.89. The molecule has 0 aliphatic carbocycles. The molecule has 0 saturated heterocycles. The molecule has 1 aromatic rings. The highest BCUT2D eigenvalue weighted by Crippen LogP contribution is 2.10. The lowest BCUT2D eigenvalue weighted by Gasteiger charge is -2.22. The van der Waals surface area contributed by atoms with Gasteiger partial charge < -0.3 is 20.4 Å². The van der Waals surface area contributed by atoms with Gasteiger partial charge in [-0.2, -0.15) is 0 Å². The molecule has 23 heavy (non-hydrogen) atoms. The fourth-order valence-electron chi connectivity index (χ4n) is 1.87. The number of nitrogens with one attached hydrogen (secondary N) is 1. The third kappa shape index (κ3) is 6.82. The molecular formula is C16H22N2O5. The van der Waals surface area contributed by atoms with Crippen LogP contribution in [0.5, 0.6) is 0 Å². The van der Waals surface area contributed by atoms with Crippen LogP contribution >= 0.6 is 0 Å². The Morgan fingerprint density at radius 2 is 1.87 bits per heavy atom. The lowest BCUT2D eigenvalue weighted by molar-refractivity contribution is -0.139. The number of rotatable bonds is 6. The monoisotopic (exact) mass is 322 g/mol. The van der Waals surface area contributed by atoms with Crippen molar-refractivity contribution in [2.24, 2.45) is 5.16 Å². The summed E-state index contributed by atoms with van der Waals surface area (Å²) in [6, 6.07) is 7.77. The summed E-state index contributed by atoms with van der Waals surface area (Å²) in [6.45, 7) is 5.07. The number of hydrogen-bond donors (Lipinski definition) is 3. The van der Waals surface area contributed by atoms with E-state index in [1.165, 1.54) is 0 Å². The highest BCUT2D eigenvalue weighted by atomic mass is 16.6. The Kier molecular flexibility index (Phi) is 6.56. The van der Waals surface area contributed by atoms with Gasteiger partial charge in [-0.25, -0.2) is 9.59 Å². The van der Waals surface area contributed by atoms with E-state index in [1.54, 1.807) is 45.0 Å². The molecule has 0 aliphatic heterocycles. The normalized spacial score (nSPS) is 13.3. The SMILES string of the molecule is CC(C)(C)OC(=O)NC(CCC(=NO)c1ccccc1)C(=O)O. The van der Waals surface area contributed by atoms with Crippen molar-refractivity contribution in [1.29, 1.82) is 0 Å². The lowest BCUT2D eigenvalue weighted by atomic mass is 10.0. The van der Waals surface area contributed by atoms with Crippen molar-refractivity contribution in [3.63, 3.8) is 0 Å². The summed E-state index contributed by atoms with van der Waals surface area (Å²) >= 11 is 0. The minimum atomic E-state index is -1.18. The van der Waals surface area contributed by atoms with Crippen molar-refractivity contribution in [3.8, 4) is 0 Å².